The molecule has 0 aromatic heterocycles. The second kappa shape index (κ2) is 5.33. The molecule has 0 amide bonds. The minimum absolute atomic E-state index is 0.0895. The van der Waals surface area contributed by atoms with Crippen molar-refractivity contribution in [2.75, 3.05) is 6.61 Å². The number of allylic oxidation sites excluding steroid dienone is 3. The highest BCUT2D eigenvalue weighted by Gasteiger charge is 2.32. The third-order valence-electron chi connectivity index (χ3n) is 3.38. The number of hydrogen-bond donors (Lipinski definition) is 0. The van der Waals surface area contributed by atoms with Crippen molar-refractivity contribution >= 4 is 5.97 Å². The highest BCUT2D eigenvalue weighted by Crippen LogP contribution is 2.38. The van der Waals surface area contributed by atoms with Crippen LogP contribution in [0.5, 0.6) is 0 Å². The first-order valence-corrected chi connectivity index (χ1v) is 6.38. The van der Waals surface area contributed by atoms with Gasteiger partial charge in [0.2, 0.25) is 0 Å². The molecule has 0 aliphatic heterocycles. The first kappa shape index (κ1) is 11.4. The van der Waals surface area contributed by atoms with E-state index in [1.165, 1.54) is 12.8 Å². The number of carbonyl (C=O) groups excluding carboxylic acids is 1. The molecule has 0 aromatic carbocycles. The van der Waals surface area contributed by atoms with E-state index in [0.717, 1.165) is 24.8 Å². The van der Waals surface area contributed by atoms with Crippen molar-refractivity contribution in [1.82, 2.24) is 0 Å². The number of rotatable bonds is 6. The number of carbonyl (C=O) groups is 1. The zero-order valence-corrected chi connectivity index (χ0v) is 9.95. The van der Waals surface area contributed by atoms with Gasteiger partial charge in [0.15, 0.2) is 0 Å². The van der Waals surface area contributed by atoms with Gasteiger partial charge in [0.25, 0.3) is 0 Å². The van der Waals surface area contributed by atoms with Crippen molar-refractivity contribution in [1.29, 1.82) is 0 Å². The van der Waals surface area contributed by atoms with Crippen LogP contribution in [-0.4, -0.2) is 12.6 Å². The summed E-state index contributed by atoms with van der Waals surface area (Å²) in [7, 11) is 0. The topological polar surface area (TPSA) is 26.3 Å². The second-order valence-electron chi connectivity index (χ2n) is 4.71. The quantitative estimate of drug-likeness (QED) is 0.390. The van der Waals surface area contributed by atoms with Gasteiger partial charge in [0.1, 0.15) is 0 Å². The average Bonchev–Trinajstić information content (AvgIpc) is 2.90. The first-order valence-electron chi connectivity index (χ1n) is 6.38. The number of unbranched alkanes of at least 4 members (excludes halogenated alkanes) is 3. The van der Waals surface area contributed by atoms with Crippen molar-refractivity contribution < 1.29 is 9.53 Å². The molecular formula is C14H20O2. The van der Waals surface area contributed by atoms with Crippen LogP contribution < -0.4 is 0 Å². The number of esters is 1. The van der Waals surface area contributed by atoms with E-state index in [9.17, 15) is 4.79 Å². The molecule has 2 aliphatic rings. The Kier molecular flexibility index (Phi) is 3.81. The third-order valence-corrected chi connectivity index (χ3v) is 3.38. The second-order valence-corrected chi connectivity index (χ2v) is 4.71. The Balaban J connectivity index is 1.67. The lowest BCUT2D eigenvalue weighted by Crippen LogP contribution is -2.12. The maximum atomic E-state index is 11.7. The average molecular weight is 220 g/mol. The molecule has 0 N–H and O–H groups in total. The molecular weight excluding hydrogens is 200 g/mol. The fourth-order valence-electron chi connectivity index (χ4n) is 2.43. The lowest BCUT2D eigenvalue weighted by Gasteiger charge is -2.09. The summed E-state index contributed by atoms with van der Waals surface area (Å²) in [6, 6.07) is 0. The molecule has 0 aromatic rings. The SMILES string of the molecule is CCCCCCOC(=O)C1=CC2C=CC1C2. The van der Waals surface area contributed by atoms with Gasteiger partial charge in [-0.15, -0.1) is 0 Å². The fraction of sp³-hybridized carbons (Fsp3) is 0.643. The largest absolute Gasteiger partial charge is 0.462 e. The Labute approximate surface area is 97.4 Å². The Morgan fingerprint density at radius 2 is 2.25 bits per heavy atom. The van der Waals surface area contributed by atoms with Gasteiger partial charge in [0.05, 0.1) is 6.61 Å². The zero-order valence-electron chi connectivity index (χ0n) is 9.95. The summed E-state index contributed by atoms with van der Waals surface area (Å²) in [5.41, 5.74) is 0.892. The summed E-state index contributed by atoms with van der Waals surface area (Å²) < 4.78 is 5.28. The van der Waals surface area contributed by atoms with Crippen LogP contribution in [0.15, 0.2) is 23.8 Å². The molecule has 2 aliphatic carbocycles. The fourth-order valence-corrected chi connectivity index (χ4v) is 2.43. The molecule has 2 unspecified atom stereocenters. The maximum absolute atomic E-state index is 11.7. The van der Waals surface area contributed by atoms with Gasteiger partial charge in [-0.1, -0.05) is 44.4 Å². The van der Waals surface area contributed by atoms with Gasteiger partial charge >= 0.3 is 5.97 Å². The molecule has 0 saturated carbocycles. The zero-order chi connectivity index (χ0) is 11.4. The molecule has 88 valence electrons. The van der Waals surface area contributed by atoms with Crippen molar-refractivity contribution in [3.05, 3.63) is 23.8 Å². The van der Waals surface area contributed by atoms with Crippen molar-refractivity contribution in [2.45, 2.75) is 39.0 Å². The Morgan fingerprint density at radius 3 is 2.88 bits per heavy atom. The molecule has 2 bridgehead atoms. The van der Waals surface area contributed by atoms with E-state index in [-0.39, 0.29) is 5.97 Å². The van der Waals surface area contributed by atoms with Crippen LogP contribution in [0.25, 0.3) is 0 Å². The van der Waals surface area contributed by atoms with Crippen LogP contribution in [0.3, 0.4) is 0 Å². The Morgan fingerprint density at radius 1 is 1.38 bits per heavy atom. The normalized spacial score (nSPS) is 25.9. The first-order chi connectivity index (χ1) is 7.81. The molecule has 2 atom stereocenters. The number of hydrogen-bond acceptors (Lipinski definition) is 2. The lowest BCUT2D eigenvalue weighted by molar-refractivity contribution is -0.139. The van der Waals surface area contributed by atoms with Gasteiger partial charge in [-0.05, 0) is 18.8 Å². The minimum atomic E-state index is -0.0895. The van der Waals surface area contributed by atoms with Crippen LogP contribution in [0, 0.1) is 11.8 Å². The smallest absolute Gasteiger partial charge is 0.334 e. The summed E-state index contributed by atoms with van der Waals surface area (Å²) in [5, 5.41) is 0. The van der Waals surface area contributed by atoms with E-state index in [4.69, 9.17) is 4.74 Å². The monoisotopic (exact) mass is 220 g/mol. The van der Waals surface area contributed by atoms with Gasteiger partial charge < -0.3 is 4.74 Å². The van der Waals surface area contributed by atoms with E-state index in [2.05, 4.69) is 25.2 Å². The summed E-state index contributed by atoms with van der Waals surface area (Å²) in [5.74, 6) is 0.745. The van der Waals surface area contributed by atoms with Crippen LogP contribution in [-0.2, 0) is 9.53 Å². The van der Waals surface area contributed by atoms with E-state index in [0.29, 0.717) is 18.4 Å². The van der Waals surface area contributed by atoms with Crippen molar-refractivity contribution in [2.24, 2.45) is 11.8 Å². The summed E-state index contributed by atoms with van der Waals surface area (Å²) in [4.78, 5) is 11.7. The lowest BCUT2D eigenvalue weighted by atomic mass is 10.0. The number of ether oxygens (including phenoxy) is 1. The molecule has 2 heteroatoms. The van der Waals surface area contributed by atoms with E-state index in [1.807, 2.05) is 0 Å². The summed E-state index contributed by atoms with van der Waals surface area (Å²) >= 11 is 0. The molecule has 0 fully saturated rings. The minimum Gasteiger partial charge on any atom is -0.462 e. The van der Waals surface area contributed by atoms with E-state index in [1.54, 1.807) is 0 Å². The molecule has 2 nitrogen and oxygen atoms in total. The molecule has 2 rings (SSSR count). The van der Waals surface area contributed by atoms with Crippen LogP contribution in [0.1, 0.15) is 39.0 Å². The number of fused-ring (bicyclic) bond motifs is 2. The molecule has 0 heterocycles. The van der Waals surface area contributed by atoms with E-state index < -0.39 is 0 Å². The molecule has 0 spiro atoms. The van der Waals surface area contributed by atoms with Gasteiger partial charge in [-0.3, -0.25) is 0 Å². The Hall–Kier alpha value is -1.05. The maximum Gasteiger partial charge on any atom is 0.334 e. The molecule has 16 heavy (non-hydrogen) atoms. The predicted octanol–water partition coefficient (Wildman–Crippen LogP) is 3.24. The molecule has 0 radical (unpaired) electrons. The van der Waals surface area contributed by atoms with Gasteiger partial charge in [-0.2, -0.15) is 0 Å². The predicted molar refractivity (Wildman–Crippen MR) is 63.9 cm³/mol. The van der Waals surface area contributed by atoms with Crippen LogP contribution >= 0.6 is 0 Å². The van der Waals surface area contributed by atoms with Gasteiger partial charge in [0, 0.05) is 11.5 Å². The molecule has 0 saturated heterocycles. The standard InChI is InChI=1S/C14H20O2/c1-2-3-4-5-8-16-14(15)13-10-11-6-7-12(13)9-11/h6-7,10-12H,2-5,8-9H2,1H3. The third kappa shape index (κ3) is 2.55. The van der Waals surface area contributed by atoms with Crippen LogP contribution in [0.4, 0.5) is 0 Å². The summed E-state index contributed by atoms with van der Waals surface area (Å²) in [6.07, 6.45) is 12.1. The van der Waals surface area contributed by atoms with Crippen LogP contribution in [0.2, 0.25) is 0 Å². The highest BCUT2D eigenvalue weighted by atomic mass is 16.5. The van der Waals surface area contributed by atoms with Crippen molar-refractivity contribution in [3.8, 4) is 0 Å². The van der Waals surface area contributed by atoms with Crippen molar-refractivity contribution in [3.63, 3.8) is 0 Å². The summed E-state index contributed by atoms with van der Waals surface area (Å²) in [6.45, 7) is 2.76. The van der Waals surface area contributed by atoms with Gasteiger partial charge in [-0.25, -0.2) is 4.79 Å². The van der Waals surface area contributed by atoms with E-state index >= 15 is 0 Å². The Bertz CT molecular complexity index is 315. The highest BCUT2D eigenvalue weighted by molar-refractivity contribution is 5.90.